The number of nitrogens with zero attached hydrogens (tertiary/aromatic N) is 4. The fourth-order valence-electron chi connectivity index (χ4n) is 3.93. The fraction of sp³-hybridized carbons (Fsp3) is 0.385. The van der Waals surface area contributed by atoms with Crippen molar-refractivity contribution in [3.05, 3.63) is 54.6 Å². The van der Waals surface area contributed by atoms with Crippen molar-refractivity contribution < 1.29 is 4.74 Å². The van der Waals surface area contributed by atoms with Gasteiger partial charge in [0.05, 0.1) is 12.8 Å². The molecule has 1 aliphatic rings. The molecule has 1 aromatic heterocycles. The van der Waals surface area contributed by atoms with Gasteiger partial charge >= 0.3 is 0 Å². The lowest BCUT2D eigenvalue weighted by Crippen LogP contribution is -2.43. The van der Waals surface area contributed by atoms with E-state index in [1.54, 1.807) is 7.11 Å². The van der Waals surface area contributed by atoms with E-state index >= 15 is 0 Å². The van der Waals surface area contributed by atoms with Gasteiger partial charge in [0.1, 0.15) is 11.6 Å². The Bertz CT molecular complexity index is 1010. The van der Waals surface area contributed by atoms with Crippen LogP contribution in [0.1, 0.15) is 6.42 Å². The van der Waals surface area contributed by atoms with Crippen molar-refractivity contribution in [3.63, 3.8) is 0 Å². The summed E-state index contributed by atoms with van der Waals surface area (Å²) in [4.78, 5) is 14.3. The van der Waals surface area contributed by atoms with Crippen LogP contribution in [0.3, 0.4) is 0 Å². The first-order valence-corrected chi connectivity index (χ1v) is 11.6. The molecule has 0 bridgehead atoms. The van der Waals surface area contributed by atoms with Gasteiger partial charge < -0.3 is 25.2 Å². The monoisotopic (exact) mass is 446 g/mol. The number of anilines is 2. The van der Waals surface area contributed by atoms with E-state index in [9.17, 15) is 0 Å². The van der Waals surface area contributed by atoms with Crippen LogP contribution < -0.4 is 20.3 Å². The topological polar surface area (TPSA) is 65.6 Å². The Balaban J connectivity index is 1.60. The maximum absolute atomic E-state index is 5.31. The number of piperazine rings is 1. The summed E-state index contributed by atoms with van der Waals surface area (Å²) in [6.45, 7) is 6.01. The van der Waals surface area contributed by atoms with Crippen molar-refractivity contribution >= 4 is 11.5 Å². The molecule has 0 radical (unpaired) electrons. The first-order chi connectivity index (χ1) is 16.1. The minimum Gasteiger partial charge on any atom is -0.497 e. The standard InChI is InChI=1S/C26H34N6O/c1-31(2)16-4-13-28-25-19-24(20-7-11-23(33-3)12-8-20)29-26(30-25)21-5-9-22(10-6-21)32-17-14-27-15-18-32/h5-12,19,27H,4,13-18H2,1-3H3,(H,28,29,30). The molecule has 3 aromatic rings. The van der Waals surface area contributed by atoms with Gasteiger partial charge in [-0.2, -0.15) is 0 Å². The van der Waals surface area contributed by atoms with Crippen LogP contribution in [0.4, 0.5) is 11.5 Å². The zero-order valence-corrected chi connectivity index (χ0v) is 19.8. The van der Waals surface area contributed by atoms with Gasteiger partial charge in [0.25, 0.3) is 0 Å². The van der Waals surface area contributed by atoms with E-state index in [4.69, 9.17) is 14.7 Å². The highest BCUT2D eigenvalue weighted by atomic mass is 16.5. The number of benzene rings is 2. The van der Waals surface area contributed by atoms with Gasteiger partial charge in [-0.1, -0.05) is 0 Å². The highest BCUT2D eigenvalue weighted by molar-refractivity contribution is 5.69. The second kappa shape index (κ2) is 11.1. The third-order valence-corrected chi connectivity index (χ3v) is 5.81. The van der Waals surface area contributed by atoms with E-state index < -0.39 is 0 Å². The van der Waals surface area contributed by atoms with Crippen LogP contribution in [0.2, 0.25) is 0 Å². The van der Waals surface area contributed by atoms with E-state index in [0.29, 0.717) is 0 Å². The Morgan fingerprint density at radius 1 is 0.970 bits per heavy atom. The van der Waals surface area contributed by atoms with Crippen LogP contribution in [0.15, 0.2) is 54.6 Å². The molecule has 1 saturated heterocycles. The molecule has 7 heteroatoms. The summed E-state index contributed by atoms with van der Waals surface area (Å²) in [5.41, 5.74) is 4.19. The number of methoxy groups -OCH3 is 1. The third-order valence-electron chi connectivity index (χ3n) is 5.81. The third kappa shape index (κ3) is 6.21. The average molecular weight is 447 g/mol. The molecule has 0 amide bonds. The second-order valence-electron chi connectivity index (χ2n) is 8.56. The van der Waals surface area contributed by atoms with E-state index in [2.05, 4.69) is 58.8 Å². The quantitative estimate of drug-likeness (QED) is 0.487. The number of ether oxygens (including phenoxy) is 1. The minimum absolute atomic E-state index is 0.727. The summed E-state index contributed by atoms with van der Waals surface area (Å²) in [7, 11) is 5.86. The maximum Gasteiger partial charge on any atom is 0.162 e. The summed E-state index contributed by atoms with van der Waals surface area (Å²) in [6, 6.07) is 18.6. The molecule has 0 atom stereocenters. The van der Waals surface area contributed by atoms with Crippen molar-refractivity contribution in [2.75, 3.05) is 70.7 Å². The van der Waals surface area contributed by atoms with Gasteiger partial charge in [-0.3, -0.25) is 0 Å². The molecule has 1 aliphatic heterocycles. The van der Waals surface area contributed by atoms with E-state index in [1.165, 1.54) is 5.69 Å². The van der Waals surface area contributed by atoms with Gasteiger partial charge in [0, 0.05) is 55.6 Å². The summed E-state index contributed by atoms with van der Waals surface area (Å²) in [5.74, 6) is 2.40. The highest BCUT2D eigenvalue weighted by Crippen LogP contribution is 2.27. The van der Waals surface area contributed by atoms with Crippen LogP contribution in [0.5, 0.6) is 5.75 Å². The van der Waals surface area contributed by atoms with Crippen LogP contribution in [-0.4, -0.2) is 75.3 Å². The lowest BCUT2D eigenvalue weighted by atomic mass is 10.1. The van der Waals surface area contributed by atoms with Crippen molar-refractivity contribution in [3.8, 4) is 28.4 Å². The lowest BCUT2D eigenvalue weighted by molar-refractivity contribution is 0.405. The smallest absolute Gasteiger partial charge is 0.162 e. The van der Waals surface area contributed by atoms with Crippen LogP contribution in [0, 0.1) is 0 Å². The average Bonchev–Trinajstić information content (AvgIpc) is 2.87. The van der Waals surface area contributed by atoms with Crippen molar-refractivity contribution in [1.82, 2.24) is 20.2 Å². The molecule has 174 valence electrons. The molecule has 0 unspecified atom stereocenters. The zero-order chi connectivity index (χ0) is 23.0. The van der Waals surface area contributed by atoms with Crippen molar-refractivity contribution in [2.45, 2.75) is 6.42 Å². The molecular formula is C26H34N6O. The highest BCUT2D eigenvalue weighted by Gasteiger charge is 2.13. The Morgan fingerprint density at radius 3 is 2.33 bits per heavy atom. The van der Waals surface area contributed by atoms with Crippen LogP contribution >= 0.6 is 0 Å². The Labute approximate surface area is 196 Å². The minimum atomic E-state index is 0.727. The summed E-state index contributed by atoms with van der Waals surface area (Å²) in [6.07, 6.45) is 1.05. The molecule has 2 aromatic carbocycles. The molecule has 2 N–H and O–H groups in total. The van der Waals surface area contributed by atoms with E-state index in [0.717, 1.165) is 79.9 Å². The van der Waals surface area contributed by atoms with E-state index in [1.807, 2.05) is 30.3 Å². The number of rotatable bonds is 9. The number of nitrogens with one attached hydrogen (secondary N) is 2. The molecule has 7 nitrogen and oxygen atoms in total. The molecule has 4 rings (SSSR count). The zero-order valence-electron chi connectivity index (χ0n) is 19.8. The fourth-order valence-corrected chi connectivity index (χ4v) is 3.93. The first-order valence-electron chi connectivity index (χ1n) is 11.6. The Morgan fingerprint density at radius 2 is 1.67 bits per heavy atom. The van der Waals surface area contributed by atoms with Gasteiger partial charge in [-0.25, -0.2) is 9.97 Å². The summed E-state index contributed by atoms with van der Waals surface area (Å²) >= 11 is 0. The molecule has 33 heavy (non-hydrogen) atoms. The predicted molar refractivity (Wildman–Crippen MR) is 136 cm³/mol. The van der Waals surface area contributed by atoms with Crippen LogP contribution in [0.25, 0.3) is 22.6 Å². The van der Waals surface area contributed by atoms with Crippen LogP contribution in [-0.2, 0) is 0 Å². The molecule has 0 saturated carbocycles. The van der Waals surface area contributed by atoms with Gasteiger partial charge in [0.2, 0.25) is 0 Å². The Kier molecular flexibility index (Phi) is 7.75. The van der Waals surface area contributed by atoms with E-state index in [-0.39, 0.29) is 0 Å². The number of aromatic nitrogens is 2. The summed E-state index contributed by atoms with van der Waals surface area (Å²) < 4.78 is 5.31. The molecule has 0 aliphatic carbocycles. The van der Waals surface area contributed by atoms with Gasteiger partial charge in [0.15, 0.2) is 5.82 Å². The predicted octanol–water partition coefficient (Wildman–Crippen LogP) is 3.59. The number of hydrogen-bond acceptors (Lipinski definition) is 7. The molecular weight excluding hydrogens is 412 g/mol. The lowest BCUT2D eigenvalue weighted by Gasteiger charge is -2.29. The Hall–Kier alpha value is -3.16. The molecule has 0 spiro atoms. The first kappa shape index (κ1) is 23.0. The SMILES string of the molecule is COc1ccc(-c2cc(NCCCN(C)C)nc(-c3ccc(N4CCNCC4)cc3)n2)cc1. The largest absolute Gasteiger partial charge is 0.497 e. The summed E-state index contributed by atoms with van der Waals surface area (Å²) in [5, 5.41) is 6.89. The molecule has 1 fully saturated rings. The molecule has 2 heterocycles. The second-order valence-corrected chi connectivity index (χ2v) is 8.56. The van der Waals surface area contributed by atoms with Gasteiger partial charge in [-0.15, -0.1) is 0 Å². The number of hydrogen-bond donors (Lipinski definition) is 2. The normalized spacial score (nSPS) is 13.9. The van der Waals surface area contributed by atoms with Gasteiger partial charge in [-0.05, 0) is 75.6 Å². The van der Waals surface area contributed by atoms with Crippen molar-refractivity contribution in [1.29, 1.82) is 0 Å². The maximum atomic E-state index is 5.31. The van der Waals surface area contributed by atoms with Crippen molar-refractivity contribution in [2.24, 2.45) is 0 Å².